The van der Waals surface area contributed by atoms with Gasteiger partial charge in [0.1, 0.15) is 22.3 Å². The predicted octanol–water partition coefficient (Wildman–Crippen LogP) is 23.6. The van der Waals surface area contributed by atoms with Gasteiger partial charge in [-0.1, -0.05) is 237 Å². The molecule has 0 saturated carbocycles. The van der Waals surface area contributed by atoms with Gasteiger partial charge < -0.3 is 13.7 Å². The molecule has 3 nitrogen and oxygen atoms in total. The number of benzene rings is 13. The monoisotopic (exact) mass is 1190 g/mol. The summed E-state index contributed by atoms with van der Waals surface area (Å²) >= 11 is 0. The van der Waals surface area contributed by atoms with E-state index in [2.05, 4.69) is 308 Å². The van der Waals surface area contributed by atoms with Crippen LogP contribution in [0.15, 0.2) is 264 Å². The van der Waals surface area contributed by atoms with Crippen molar-refractivity contribution in [3.63, 3.8) is 0 Å². The first-order chi connectivity index (χ1) is 45.3. The predicted molar refractivity (Wildman–Crippen MR) is 382 cm³/mol. The van der Waals surface area contributed by atoms with Gasteiger partial charge in [0.15, 0.2) is 0 Å². The standard InChI is InChI=1S/C90H63NO2/c1-86(2,3)50-36-38-51(39-37-50)91(52-41-43-60-71(46-52)88(6,7)83-80(60)81-62-28-14-21-35-76(62)93-85(81)82-59-26-12-15-29-65(59)87(4,5)84(82)83)53-40-42-58-63-48-74-64(49-73(63)90(72(58)47-53)68-32-18-10-24-56(68)57-25-11-19-33-69(57)90)78-70(44-45-77-79(78)61-27-13-20-34-75(61)92-77)89(74)66-30-16-8-22-54(66)55-23-9-17-31-67(55)89/h8-49H,1-7H3. The second-order valence-corrected chi connectivity index (χ2v) is 29.3. The van der Waals surface area contributed by atoms with Crippen LogP contribution in [0.3, 0.4) is 0 Å². The second-order valence-electron chi connectivity index (χ2n) is 29.3. The Morgan fingerprint density at radius 2 is 0.720 bits per heavy atom. The van der Waals surface area contributed by atoms with Gasteiger partial charge in [-0.25, -0.2) is 0 Å². The zero-order valence-corrected chi connectivity index (χ0v) is 53.0. The van der Waals surface area contributed by atoms with E-state index in [4.69, 9.17) is 8.83 Å². The quantitative estimate of drug-likeness (QED) is 0.177. The summed E-state index contributed by atoms with van der Waals surface area (Å²) in [5.74, 6) is 0. The van der Waals surface area contributed by atoms with Crippen LogP contribution in [0, 0.1) is 0 Å². The van der Waals surface area contributed by atoms with Gasteiger partial charge in [0, 0.05) is 55.0 Å². The first kappa shape index (κ1) is 51.9. The fraction of sp³-hybridized carbons (Fsp3) is 0.133. The summed E-state index contributed by atoms with van der Waals surface area (Å²) in [4.78, 5) is 2.56. The SMILES string of the molecule is CC(C)(C)c1ccc(N(c2ccc3c(c2)C(C)(C)c2c4c(c5oc6ccccc6c5c2-3)-c2ccccc2C4(C)C)c2ccc3c(c2)C2(c4ccccc4-c4ccccc42)c2cc4c(cc2-3)C2(c3ccccc3-c3ccccc32)c2ccc3oc5ccccc5c3c2-4)cc1. The molecule has 0 fully saturated rings. The highest BCUT2D eigenvalue weighted by atomic mass is 16.3. The third kappa shape index (κ3) is 6.10. The third-order valence-corrected chi connectivity index (χ3v) is 23.2. The average molecular weight is 1190 g/mol. The summed E-state index contributed by atoms with van der Waals surface area (Å²) in [6.07, 6.45) is 0. The van der Waals surface area contributed by atoms with Crippen LogP contribution in [0.5, 0.6) is 0 Å². The van der Waals surface area contributed by atoms with Crippen molar-refractivity contribution in [3.05, 3.63) is 327 Å². The maximum Gasteiger partial charge on any atom is 0.144 e. The van der Waals surface area contributed by atoms with E-state index in [-0.39, 0.29) is 16.2 Å². The summed E-state index contributed by atoms with van der Waals surface area (Å²) in [6, 6.07) is 97.6. The summed E-state index contributed by atoms with van der Waals surface area (Å²) in [5, 5.41) is 4.70. The van der Waals surface area contributed by atoms with Crippen LogP contribution in [-0.2, 0) is 27.1 Å². The first-order valence-corrected chi connectivity index (χ1v) is 33.1. The molecule has 0 radical (unpaired) electrons. The molecule has 0 atom stereocenters. The molecule has 440 valence electrons. The van der Waals surface area contributed by atoms with Crippen LogP contribution in [0.1, 0.15) is 121 Å². The summed E-state index contributed by atoms with van der Waals surface area (Å²) in [7, 11) is 0. The second kappa shape index (κ2) is 17.2. The molecule has 2 spiro atoms. The number of anilines is 3. The summed E-state index contributed by atoms with van der Waals surface area (Å²) in [5.41, 5.74) is 37.7. The molecule has 93 heavy (non-hydrogen) atoms. The van der Waals surface area contributed by atoms with E-state index < -0.39 is 10.8 Å². The lowest BCUT2D eigenvalue weighted by molar-refractivity contribution is 0.590. The highest BCUT2D eigenvalue weighted by Crippen LogP contribution is 2.70. The molecule has 3 heteroatoms. The van der Waals surface area contributed by atoms with Crippen LogP contribution < -0.4 is 4.90 Å². The van der Waals surface area contributed by atoms with E-state index in [0.717, 1.165) is 50.2 Å². The normalized spacial score (nSPS) is 15.8. The van der Waals surface area contributed by atoms with E-state index in [0.29, 0.717) is 0 Å². The zero-order chi connectivity index (χ0) is 62.0. The molecule has 13 aromatic carbocycles. The van der Waals surface area contributed by atoms with Gasteiger partial charge in [-0.2, -0.15) is 0 Å². The molecule has 6 aliphatic rings. The number of fused-ring (bicyclic) bond motifs is 36. The van der Waals surface area contributed by atoms with Crippen LogP contribution in [0.2, 0.25) is 0 Å². The van der Waals surface area contributed by atoms with Gasteiger partial charge in [-0.3, -0.25) is 0 Å². The lowest BCUT2D eigenvalue weighted by Gasteiger charge is -2.33. The van der Waals surface area contributed by atoms with Crippen molar-refractivity contribution < 1.29 is 8.83 Å². The first-order valence-electron chi connectivity index (χ1n) is 33.1. The van der Waals surface area contributed by atoms with Crippen LogP contribution in [0.4, 0.5) is 17.1 Å². The molecule has 0 amide bonds. The van der Waals surface area contributed by atoms with E-state index in [1.165, 1.54) is 150 Å². The maximum absolute atomic E-state index is 7.12. The molecule has 0 N–H and O–H groups in total. The fourth-order valence-corrected chi connectivity index (χ4v) is 19.4. The van der Waals surface area contributed by atoms with Gasteiger partial charge in [-0.15, -0.1) is 0 Å². The highest BCUT2D eigenvalue weighted by Gasteiger charge is 2.57. The van der Waals surface area contributed by atoms with E-state index in [1.807, 2.05) is 0 Å². The molecule has 21 rings (SSSR count). The summed E-state index contributed by atoms with van der Waals surface area (Å²) < 4.78 is 14.0. The number of hydrogen-bond donors (Lipinski definition) is 0. The van der Waals surface area contributed by atoms with Crippen molar-refractivity contribution in [1.29, 1.82) is 0 Å². The van der Waals surface area contributed by atoms with Crippen molar-refractivity contribution in [3.8, 4) is 66.8 Å². The Balaban J connectivity index is 0.837. The molecule has 0 bridgehead atoms. The number of hydrogen-bond acceptors (Lipinski definition) is 3. The zero-order valence-electron chi connectivity index (χ0n) is 53.0. The Kier molecular flexibility index (Phi) is 9.63. The molecule has 2 aromatic heterocycles. The van der Waals surface area contributed by atoms with Gasteiger partial charge in [-0.05, 0) is 206 Å². The van der Waals surface area contributed by atoms with Crippen molar-refractivity contribution in [2.24, 2.45) is 0 Å². The van der Waals surface area contributed by atoms with Crippen molar-refractivity contribution in [1.82, 2.24) is 0 Å². The Bertz CT molecular complexity index is 5840. The highest BCUT2D eigenvalue weighted by molar-refractivity contribution is 6.21. The average Bonchev–Trinajstić information content (AvgIpc) is 1.50. The minimum absolute atomic E-state index is 0.0312. The fourth-order valence-electron chi connectivity index (χ4n) is 19.4. The number of nitrogens with zero attached hydrogens (tertiary/aromatic N) is 1. The molecule has 0 aliphatic heterocycles. The van der Waals surface area contributed by atoms with Crippen molar-refractivity contribution in [2.45, 2.75) is 75.5 Å². The van der Waals surface area contributed by atoms with Crippen molar-refractivity contribution in [2.75, 3.05) is 4.90 Å². The number of para-hydroxylation sites is 2. The number of rotatable bonds is 3. The van der Waals surface area contributed by atoms with E-state index in [1.54, 1.807) is 0 Å². The van der Waals surface area contributed by atoms with Gasteiger partial charge in [0.2, 0.25) is 0 Å². The number of furan rings is 2. The molecule has 6 aliphatic carbocycles. The minimum atomic E-state index is -0.677. The van der Waals surface area contributed by atoms with Crippen LogP contribution in [-0.4, -0.2) is 0 Å². The molecule has 15 aromatic rings. The summed E-state index contributed by atoms with van der Waals surface area (Å²) in [6.45, 7) is 16.7. The lowest BCUT2D eigenvalue weighted by atomic mass is 9.68. The Morgan fingerprint density at radius 1 is 0.290 bits per heavy atom. The maximum atomic E-state index is 7.12. The Labute approximate surface area is 540 Å². The third-order valence-electron chi connectivity index (χ3n) is 23.2. The smallest absolute Gasteiger partial charge is 0.144 e. The van der Waals surface area contributed by atoms with Crippen molar-refractivity contribution >= 4 is 60.9 Å². The Hall–Kier alpha value is -10.7. The van der Waals surface area contributed by atoms with Gasteiger partial charge >= 0.3 is 0 Å². The molecule has 0 unspecified atom stereocenters. The largest absolute Gasteiger partial charge is 0.456 e. The van der Waals surface area contributed by atoms with E-state index >= 15 is 0 Å². The van der Waals surface area contributed by atoms with Crippen LogP contribution >= 0.6 is 0 Å². The molecule has 0 saturated heterocycles. The van der Waals surface area contributed by atoms with E-state index in [9.17, 15) is 0 Å². The lowest BCUT2D eigenvalue weighted by Crippen LogP contribution is -2.27. The molecule has 2 heterocycles. The Morgan fingerprint density at radius 3 is 1.33 bits per heavy atom. The van der Waals surface area contributed by atoms with Gasteiger partial charge in [0.05, 0.1) is 10.8 Å². The molecular formula is C90H63NO2. The molecular weight excluding hydrogens is 1130 g/mol. The van der Waals surface area contributed by atoms with Crippen LogP contribution in [0.25, 0.3) is 111 Å². The topological polar surface area (TPSA) is 29.5 Å². The van der Waals surface area contributed by atoms with Gasteiger partial charge in [0.25, 0.3) is 0 Å². The minimum Gasteiger partial charge on any atom is -0.456 e.